The van der Waals surface area contributed by atoms with E-state index in [9.17, 15) is 24.8 Å². The zero-order valence-corrected chi connectivity index (χ0v) is 20.7. The number of carbonyl (C=O) groups is 2. The van der Waals surface area contributed by atoms with Gasteiger partial charge < -0.3 is 25.0 Å². The lowest BCUT2D eigenvalue weighted by Gasteiger charge is -2.47. The summed E-state index contributed by atoms with van der Waals surface area (Å²) in [5.41, 5.74) is 0.268. The van der Waals surface area contributed by atoms with E-state index in [-0.39, 0.29) is 12.8 Å². The van der Waals surface area contributed by atoms with Crippen molar-refractivity contribution in [2.45, 2.75) is 58.0 Å². The van der Waals surface area contributed by atoms with E-state index in [1.165, 1.54) is 13.8 Å². The van der Waals surface area contributed by atoms with Gasteiger partial charge in [-0.1, -0.05) is 24.3 Å². The fourth-order valence-electron chi connectivity index (χ4n) is 4.69. The van der Waals surface area contributed by atoms with Crippen molar-refractivity contribution in [3.63, 3.8) is 0 Å². The third kappa shape index (κ3) is 5.39. The van der Waals surface area contributed by atoms with Crippen LogP contribution in [-0.4, -0.2) is 52.5 Å². The van der Waals surface area contributed by atoms with E-state index in [0.717, 1.165) is 34.8 Å². The Kier molecular flexibility index (Phi) is 7.67. The summed E-state index contributed by atoms with van der Waals surface area (Å²) >= 11 is 0. The summed E-state index contributed by atoms with van der Waals surface area (Å²) in [7, 11) is 0. The molecule has 2 aromatic carbocycles. The number of amides is 2. The number of nitrogens with zero attached hydrogens (tertiary/aromatic N) is 3. The van der Waals surface area contributed by atoms with Gasteiger partial charge in [0.05, 0.1) is 6.54 Å². The van der Waals surface area contributed by atoms with Gasteiger partial charge in [0.15, 0.2) is 0 Å². The zero-order valence-electron chi connectivity index (χ0n) is 20.7. The molecule has 3 rings (SSSR count). The molecular weight excluding hydrogens is 448 g/mol. The maximum Gasteiger partial charge on any atom is 0.250 e. The second-order valence-electron chi connectivity index (χ2n) is 9.57. The molecule has 1 atom stereocenters. The van der Waals surface area contributed by atoms with Crippen LogP contribution < -0.4 is 15.3 Å². The maximum absolute atomic E-state index is 13.8. The average Bonchev–Trinajstić information content (AvgIpc) is 2.83. The topological polar surface area (TPSA) is 119 Å². The fourth-order valence-corrected chi connectivity index (χ4v) is 4.69. The molecule has 1 N–H and O–H groups in total. The van der Waals surface area contributed by atoms with Gasteiger partial charge in [-0.2, -0.15) is 0 Å². The number of benzene rings is 2. The van der Waals surface area contributed by atoms with Crippen molar-refractivity contribution in [3.05, 3.63) is 69.8 Å². The van der Waals surface area contributed by atoms with Gasteiger partial charge in [0.25, 0.3) is 5.91 Å². The number of rotatable bonds is 9. The first-order chi connectivity index (χ1) is 16.5. The molecule has 2 amide bonds. The van der Waals surface area contributed by atoms with Crippen molar-refractivity contribution in [1.29, 1.82) is 0 Å². The molecule has 0 radical (unpaired) electrons. The van der Waals surface area contributed by atoms with Gasteiger partial charge in [0, 0.05) is 49.7 Å². The first-order valence-corrected chi connectivity index (χ1v) is 11.9. The SMILES string of the molecule is CCN(CC)c1ccc(NC(=O)[C@@]2(N(CC(C)(C)[N+](=O)[O-])C(=O)[O-])CCc3ccccc3C2)cc1. The number of carbonyl (C=O) groups excluding carboxylic acids is 2. The number of fused-ring (bicyclic) bond motifs is 1. The predicted molar refractivity (Wildman–Crippen MR) is 133 cm³/mol. The minimum Gasteiger partial charge on any atom is -0.530 e. The lowest BCUT2D eigenvalue weighted by atomic mass is 9.75. The summed E-state index contributed by atoms with van der Waals surface area (Å²) in [6.07, 6.45) is -0.845. The molecule has 9 nitrogen and oxygen atoms in total. The third-order valence-electron chi connectivity index (χ3n) is 6.86. The third-order valence-corrected chi connectivity index (χ3v) is 6.86. The molecule has 0 spiro atoms. The molecule has 1 aliphatic rings. The van der Waals surface area contributed by atoms with Crippen molar-refractivity contribution in [1.82, 2.24) is 4.90 Å². The first-order valence-electron chi connectivity index (χ1n) is 11.9. The normalized spacial score (nSPS) is 17.3. The Balaban J connectivity index is 1.99. The molecule has 2 aromatic rings. The van der Waals surface area contributed by atoms with Crippen molar-refractivity contribution in [2.75, 3.05) is 29.9 Å². The Morgan fingerprint density at radius 2 is 1.66 bits per heavy atom. The van der Waals surface area contributed by atoms with E-state index in [1.54, 1.807) is 12.1 Å². The second kappa shape index (κ2) is 10.3. The molecular formula is C26H33N4O5-. The minimum absolute atomic E-state index is 0.105. The molecule has 35 heavy (non-hydrogen) atoms. The molecule has 0 unspecified atom stereocenters. The van der Waals surface area contributed by atoms with Gasteiger partial charge in [-0.15, -0.1) is 0 Å². The van der Waals surface area contributed by atoms with Crippen LogP contribution in [0.2, 0.25) is 0 Å². The van der Waals surface area contributed by atoms with Gasteiger partial charge >= 0.3 is 0 Å². The second-order valence-corrected chi connectivity index (χ2v) is 9.57. The highest BCUT2D eigenvalue weighted by molar-refractivity contribution is 6.00. The van der Waals surface area contributed by atoms with Crippen molar-refractivity contribution < 1.29 is 19.6 Å². The first kappa shape index (κ1) is 26.0. The summed E-state index contributed by atoms with van der Waals surface area (Å²) in [6, 6.07) is 14.9. The average molecular weight is 482 g/mol. The van der Waals surface area contributed by atoms with Crippen molar-refractivity contribution >= 4 is 23.4 Å². The zero-order chi connectivity index (χ0) is 25.8. The number of nitro groups is 1. The maximum atomic E-state index is 13.8. The Hall–Kier alpha value is -3.62. The Bertz CT molecular complexity index is 1080. The summed E-state index contributed by atoms with van der Waals surface area (Å²) < 4.78 is 0. The van der Waals surface area contributed by atoms with E-state index in [0.29, 0.717) is 12.1 Å². The van der Waals surface area contributed by atoms with E-state index in [2.05, 4.69) is 24.1 Å². The van der Waals surface area contributed by atoms with Crippen molar-refractivity contribution in [2.24, 2.45) is 0 Å². The smallest absolute Gasteiger partial charge is 0.250 e. The van der Waals surface area contributed by atoms with Crippen LogP contribution in [0.1, 0.15) is 45.2 Å². The molecule has 1 aliphatic carbocycles. The van der Waals surface area contributed by atoms with Gasteiger partial charge in [-0.05, 0) is 62.1 Å². The van der Waals surface area contributed by atoms with E-state index >= 15 is 0 Å². The summed E-state index contributed by atoms with van der Waals surface area (Å²) in [5.74, 6) is -0.522. The van der Waals surface area contributed by atoms with Crippen LogP contribution in [0.15, 0.2) is 48.5 Å². The van der Waals surface area contributed by atoms with E-state index in [1.807, 2.05) is 36.4 Å². The van der Waals surface area contributed by atoms with Crippen LogP contribution in [0.3, 0.4) is 0 Å². The summed E-state index contributed by atoms with van der Waals surface area (Å²) in [5, 5.41) is 26.9. The van der Waals surface area contributed by atoms with Crippen LogP contribution in [0.4, 0.5) is 16.2 Å². The highest BCUT2D eigenvalue weighted by atomic mass is 16.6. The van der Waals surface area contributed by atoms with Crippen LogP contribution in [-0.2, 0) is 17.6 Å². The molecule has 0 aliphatic heterocycles. The van der Waals surface area contributed by atoms with Gasteiger partial charge in [-0.3, -0.25) is 14.9 Å². The van der Waals surface area contributed by atoms with Gasteiger partial charge in [-0.25, -0.2) is 0 Å². The summed E-state index contributed by atoms with van der Waals surface area (Å²) in [4.78, 5) is 40.3. The molecule has 188 valence electrons. The number of anilines is 2. The number of hydrogen-bond acceptors (Lipinski definition) is 6. The summed E-state index contributed by atoms with van der Waals surface area (Å²) in [6.45, 7) is 8.03. The fraction of sp³-hybridized carbons (Fsp3) is 0.462. The van der Waals surface area contributed by atoms with Crippen LogP contribution in [0.25, 0.3) is 0 Å². The molecule has 9 heteroatoms. The lowest BCUT2D eigenvalue weighted by Crippen LogP contribution is -2.67. The van der Waals surface area contributed by atoms with E-state index < -0.39 is 34.5 Å². The van der Waals surface area contributed by atoms with Gasteiger partial charge in [0.2, 0.25) is 5.54 Å². The largest absolute Gasteiger partial charge is 0.530 e. The highest BCUT2D eigenvalue weighted by Gasteiger charge is 2.50. The number of nitrogens with one attached hydrogen (secondary N) is 1. The minimum atomic E-state index is -1.61. The molecule has 0 heterocycles. The lowest BCUT2D eigenvalue weighted by molar-refractivity contribution is -0.561. The molecule has 0 bridgehead atoms. The number of carboxylic acid groups (broad SMARTS) is 1. The molecule has 0 saturated carbocycles. The monoisotopic (exact) mass is 481 g/mol. The quantitative estimate of drug-likeness (QED) is 0.434. The molecule has 0 saturated heterocycles. The van der Waals surface area contributed by atoms with E-state index in [4.69, 9.17) is 0 Å². The van der Waals surface area contributed by atoms with Crippen LogP contribution >= 0.6 is 0 Å². The van der Waals surface area contributed by atoms with Crippen molar-refractivity contribution in [3.8, 4) is 0 Å². The van der Waals surface area contributed by atoms with Crippen LogP contribution in [0.5, 0.6) is 0 Å². The van der Waals surface area contributed by atoms with Crippen LogP contribution in [0, 0.1) is 10.1 Å². The number of aryl methyl sites for hydroxylation is 1. The number of hydrogen-bond donors (Lipinski definition) is 1. The molecule has 0 fully saturated rings. The predicted octanol–water partition coefficient (Wildman–Crippen LogP) is 3.10. The Morgan fingerprint density at radius 1 is 1.06 bits per heavy atom. The van der Waals surface area contributed by atoms with Gasteiger partial charge in [0.1, 0.15) is 11.6 Å². The Labute approximate surface area is 205 Å². The highest BCUT2D eigenvalue weighted by Crippen LogP contribution is 2.36. The standard InChI is InChI=1S/C26H34N4O5/c1-5-28(6-2)22-13-11-21(12-14-22)27-23(31)26(16-15-19-9-7-8-10-20(19)17-26)29(24(32)33)18-25(3,4)30(34)35/h7-14H,5-6,15-18H2,1-4H3,(H,27,31)(H,32,33)/p-1/t26-/m1/s1. The Morgan fingerprint density at radius 3 is 2.20 bits per heavy atom. The molecule has 0 aromatic heterocycles.